The zero-order valence-corrected chi connectivity index (χ0v) is 13.1. The van der Waals surface area contributed by atoms with Crippen molar-refractivity contribution < 1.29 is 14.5 Å². The number of carbonyl (C=O) groups is 1. The number of carbonyl (C=O) groups excluding carboxylic acids is 1. The molecule has 6 nitrogen and oxygen atoms in total. The van der Waals surface area contributed by atoms with Gasteiger partial charge in [0.25, 0.3) is 0 Å². The van der Waals surface area contributed by atoms with E-state index in [1.54, 1.807) is 18.2 Å². The van der Waals surface area contributed by atoms with E-state index in [0.717, 1.165) is 5.56 Å². The molecule has 124 valence electrons. The number of para-hydroxylation sites is 1. The zero-order chi connectivity index (χ0) is 16.9. The van der Waals surface area contributed by atoms with E-state index in [9.17, 15) is 14.9 Å². The predicted octanol–water partition coefficient (Wildman–Crippen LogP) is 2.86. The number of piperidine rings is 1. The number of hydrogen-bond acceptors (Lipinski definition) is 4. The third kappa shape index (κ3) is 3.53. The first-order chi connectivity index (χ1) is 11.6. The third-order valence-electron chi connectivity index (χ3n) is 4.13. The van der Waals surface area contributed by atoms with Crippen LogP contribution in [0.2, 0.25) is 0 Å². The largest absolute Gasteiger partial charge is 0.489 e. The van der Waals surface area contributed by atoms with Crippen molar-refractivity contribution in [2.45, 2.75) is 31.5 Å². The second kappa shape index (κ2) is 7.12. The maximum atomic E-state index is 11.7. The van der Waals surface area contributed by atoms with Crippen LogP contribution in [0.5, 0.6) is 5.75 Å². The Labute approximate surface area is 139 Å². The van der Waals surface area contributed by atoms with E-state index in [-0.39, 0.29) is 23.7 Å². The molecule has 0 saturated carbocycles. The highest BCUT2D eigenvalue weighted by Gasteiger charge is 2.39. The summed E-state index contributed by atoms with van der Waals surface area (Å²) in [7, 11) is 0. The minimum Gasteiger partial charge on any atom is -0.489 e. The van der Waals surface area contributed by atoms with Gasteiger partial charge in [-0.1, -0.05) is 48.5 Å². The average molecular weight is 326 g/mol. The Morgan fingerprint density at radius 2 is 1.83 bits per heavy atom. The Kier molecular flexibility index (Phi) is 4.74. The minimum absolute atomic E-state index is 0.170. The van der Waals surface area contributed by atoms with E-state index in [1.807, 2.05) is 36.4 Å². The van der Waals surface area contributed by atoms with E-state index in [1.165, 1.54) is 0 Å². The Balaban J connectivity index is 1.84. The van der Waals surface area contributed by atoms with Gasteiger partial charge in [0.1, 0.15) is 18.4 Å². The van der Waals surface area contributed by atoms with Crippen molar-refractivity contribution in [1.29, 1.82) is 0 Å². The van der Waals surface area contributed by atoms with Crippen molar-refractivity contribution >= 4 is 5.91 Å². The van der Waals surface area contributed by atoms with Gasteiger partial charge in [0.2, 0.25) is 11.9 Å². The molecule has 2 aromatic carbocycles. The highest BCUT2D eigenvalue weighted by Crippen LogP contribution is 2.32. The SMILES string of the molecule is O=C1CC[C@@H]([N+](=O)[O-])[C@@H](c2ccccc2OCc2ccccc2)N1. The molecule has 0 bridgehead atoms. The molecule has 1 heterocycles. The Morgan fingerprint density at radius 1 is 1.12 bits per heavy atom. The fraction of sp³-hybridized carbons (Fsp3) is 0.278. The molecule has 2 atom stereocenters. The first-order valence-corrected chi connectivity index (χ1v) is 7.83. The topological polar surface area (TPSA) is 81.5 Å². The van der Waals surface area contributed by atoms with Gasteiger partial charge in [0, 0.05) is 23.3 Å². The Hall–Kier alpha value is -2.89. The van der Waals surface area contributed by atoms with E-state index in [4.69, 9.17) is 4.74 Å². The van der Waals surface area contributed by atoms with Crippen molar-refractivity contribution in [2.24, 2.45) is 0 Å². The lowest BCUT2D eigenvalue weighted by Gasteiger charge is -2.28. The van der Waals surface area contributed by atoms with Crippen LogP contribution in [0, 0.1) is 10.1 Å². The monoisotopic (exact) mass is 326 g/mol. The van der Waals surface area contributed by atoms with E-state index >= 15 is 0 Å². The molecule has 3 rings (SSSR count). The standard InChI is InChI=1S/C18H18N2O4/c21-17-11-10-15(20(22)23)18(19-17)14-8-4-5-9-16(14)24-12-13-6-2-1-3-7-13/h1-9,15,18H,10-12H2,(H,19,21)/t15-,18-/m1/s1. The molecule has 0 radical (unpaired) electrons. The van der Waals surface area contributed by atoms with Gasteiger partial charge in [-0.2, -0.15) is 0 Å². The van der Waals surface area contributed by atoms with E-state index in [2.05, 4.69) is 5.32 Å². The summed E-state index contributed by atoms with van der Waals surface area (Å²) in [5.74, 6) is 0.386. The number of nitrogens with zero attached hydrogens (tertiary/aromatic N) is 1. The first kappa shape index (κ1) is 16.0. The third-order valence-corrected chi connectivity index (χ3v) is 4.13. The number of amides is 1. The summed E-state index contributed by atoms with van der Waals surface area (Å²) in [6.07, 6.45) is 0.408. The average Bonchev–Trinajstić information content (AvgIpc) is 2.61. The molecule has 0 aromatic heterocycles. The lowest BCUT2D eigenvalue weighted by atomic mass is 9.92. The lowest BCUT2D eigenvalue weighted by molar-refractivity contribution is -0.529. The second-order valence-corrected chi connectivity index (χ2v) is 5.75. The summed E-state index contributed by atoms with van der Waals surface area (Å²) in [5.41, 5.74) is 1.65. The van der Waals surface area contributed by atoms with Crippen LogP contribution in [0.4, 0.5) is 0 Å². The first-order valence-electron chi connectivity index (χ1n) is 7.83. The maximum absolute atomic E-state index is 11.7. The zero-order valence-electron chi connectivity index (χ0n) is 13.1. The Morgan fingerprint density at radius 3 is 2.58 bits per heavy atom. The molecule has 1 amide bonds. The summed E-state index contributed by atoms with van der Waals surface area (Å²) < 4.78 is 5.87. The summed E-state index contributed by atoms with van der Waals surface area (Å²) in [6.45, 7) is 0.363. The molecule has 0 spiro atoms. The van der Waals surface area contributed by atoms with Gasteiger partial charge < -0.3 is 10.1 Å². The number of benzene rings is 2. The molecule has 1 aliphatic rings. The van der Waals surface area contributed by atoms with Gasteiger partial charge in [-0.15, -0.1) is 0 Å². The number of nitro groups is 1. The number of rotatable bonds is 5. The van der Waals surface area contributed by atoms with Crippen LogP contribution in [0.25, 0.3) is 0 Å². The quantitative estimate of drug-likeness (QED) is 0.676. The van der Waals surface area contributed by atoms with Gasteiger partial charge in [0.15, 0.2) is 0 Å². The lowest BCUT2D eigenvalue weighted by Crippen LogP contribution is -2.45. The molecule has 0 unspecified atom stereocenters. The molecule has 1 N–H and O–H groups in total. The van der Waals surface area contributed by atoms with Crippen LogP contribution in [-0.2, 0) is 11.4 Å². The molecule has 0 aliphatic carbocycles. The van der Waals surface area contributed by atoms with Crippen molar-refractivity contribution in [3.63, 3.8) is 0 Å². The number of ether oxygens (including phenoxy) is 1. The van der Waals surface area contributed by atoms with Gasteiger partial charge in [-0.25, -0.2) is 0 Å². The number of hydrogen-bond donors (Lipinski definition) is 1. The molecule has 6 heteroatoms. The van der Waals surface area contributed by atoms with E-state index < -0.39 is 12.1 Å². The summed E-state index contributed by atoms with van der Waals surface area (Å²) >= 11 is 0. The van der Waals surface area contributed by atoms with Gasteiger partial charge in [-0.05, 0) is 11.6 Å². The predicted molar refractivity (Wildman–Crippen MR) is 88.1 cm³/mol. The van der Waals surface area contributed by atoms with Crippen LogP contribution in [-0.4, -0.2) is 16.9 Å². The molecular formula is C18H18N2O4. The van der Waals surface area contributed by atoms with Crippen LogP contribution in [0.1, 0.15) is 30.0 Å². The second-order valence-electron chi connectivity index (χ2n) is 5.75. The fourth-order valence-corrected chi connectivity index (χ4v) is 2.90. The normalized spacial score (nSPS) is 20.2. The smallest absolute Gasteiger partial charge is 0.237 e. The van der Waals surface area contributed by atoms with Crippen molar-refractivity contribution in [2.75, 3.05) is 0 Å². The summed E-state index contributed by atoms with van der Waals surface area (Å²) in [6, 6.07) is 15.3. The van der Waals surface area contributed by atoms with Crippen LogP contribution in [0.3, 0.4) is 0 Å². The minimum atomic E-state index is -0.843. The van der Waals surface area contributed by atoms with E-state index in [0.29, 0.717) is 17.9 Å². The number of nitrogens with one attached hydrogen (secondary N) is 1. The van der Waals surface area contributed by atoms with Crippen LogP contribution < -0.4 is 10.1 Å². The van der Waals surface area contributed by atoms with Crippen molar-refractivity contribution in [3.8, 4) is 5.75 Å². The molecular weight excluding hydrogens is 308 g/mol. The van der Waals surface area contributed by atoms with Crippen LogP contribution >= 0.6 is 0 Å². The maximum Gasteiger partial charge on any atom is 0.237 e. The van der Waals surface area contributed by atoms with Crippen molar-refractivity contribution in [3.05, 3.63) is 75.8 Å². The highest BCUT2D eigenvalue weighted by atomic mass is 16.6. The molecule has 1 aliphatic heterocycles. The molecule has 2 aromatic rings. The fourth-order valence-electron chi connectivity index (χ4n) is 2.90. The Bertz CT molecular complexity index is 733. The van der Waals surface area contributed by atoms with Gasteiger partial charge in [0.05, 0.1) is 0 Å². The molecule has 1 saturated heterocycles. The van der Waals surface area contributed by atoms with Crippen molar-refractivity contribution in [1.82, 2.24) is 5.32 Å². The van der Waals surface area contributed by atoms with Gasteiger partial charge >= 0.3 is 0 Å². The van der Waals surface area contributed by atoms with Crippen LogP contribution in [0.15, 0.2) is 54.6 Å². The van der Waals surface area contributed by atoms with Gasteiger partial charge in [-0.3, -0.25) is 14.9 Å². The summed E-state index contributed by atoms with van der Waals surface area (Å²) in [4.78, 5) is 22.8. The molecule has 24 heavy (non-hydrogen) atoms. The summed E-state index contributed by atoms with van der Waals surface area (Å²) in [5, 5.41) is 14.1. The molecule has 1 fully saturated rings. The highest BCUT2D eigenvalue weighted by molar-refractivity contribution is 5.77.